The maximum Gasteiger partial charge on any atom is 0.373 e. The zero-order chi connectivity index (χ0) is 23.3. The Bertz CT molecular complexity index is 1080. The van der Waals surface area contributed by atoms with E-state index in [1.807, 2.05) is 35.6 Å². The maximum atomic E-state index is 13.7. The van der Waals surface area contributed by atoms with Crippen LogP contribution >= 0.6 is 23.1 Å². The van der Waals surface area contributed by atoms with Crippen molar-refractivity contribution in [3.63, 3.8) is 0 Å². The summed E-state index contributed by atoms with van der Waals surface area (Å²) in [5, 5.41) is 6.02. The van der Waals surface area contributed by atoms with Crippen molar-refractivity contribution in [2.75, 3.05) is 38.1 Å². The van der Waals surface area contributed by atoms with Gasteiger partial charge in [-0.3, -0.25) is 0 Å². The number of hydrogen-bond acceptors (Lipinski definition) is 8. The van der Waals surface area contributed by atoms with Gasteiger partial charge in [-0.15, -0.1) is 11.8 Å². The van der Waals surface area contributed by atoms with Crippen molar-refractivity contribution in [3.8, 4) is 16.3 Å². The quantitative estimate of drug-likeness (QED) is 0.514. The van der Waals surface area contributed by atoms with Gasteiger partial charge in [0, 0.05) is 43.2 Å². The van der Waals surface area contributed by atoms with Gasteiger partial charge in [0.15, 0.2) is 5.82 Å². The molecule has 0 spiro atoms. The number of aryl methyl sites for hydroxylation is 1. The highest BCUT2D eigenvalue weighted by Gasteiger charge is 2.23. The van der Waals surface area contributed by atoms with E-state index >= 15 is 0 Å². The molecule has 32 heavy (non-hydrogen) atoms. The number of thiazole rings is 1. The number of likely N-dealkylation sites (N-methyl/N-ethyl adjacent to an activating group) is 1. The van der Waals surface area contributed by atoms with E-state index in [1.165, 1.54) is 10.3 Å². The van der Waals surface area contributed by atoms with Gasteiger partial charge in [-0.25, -0.2) is 9.07 Å². The van der Waals surface area contributed by atoms with Crippen molar-refractivity contribution in [3.05, 3.63) is 42.0 Å². The van der Waals surface area contributed by atoms with Crippen molar-refractivity contribution in [1.29, 1.82) is 0 Å². The highest BCUT2D eigenvalue weighted by molar-refractivity contribution is 8.01. The summed E-state index contributed by atoms with van der Waals surface area (Å²) >= 11 is 3.53. The molecule has 1 aromatic carbocycles. The van der Waals surface area contributed by atoms with Gasteiger partial charge in [0.25, 0.3) is 0 Å². The van der Waals surface area contributed by atoms with Crippen LogP contribution in [0.2, 0.25) is 0 Å². The lowest BCUT2D eigenvalue weighted by atomic mass is 10.1. The van der Waals surface area contributed by atoms with Crippen LogP contribution in [0.5, 0.6) is 0 Å². The summed E-state index contributed by atoms with van der Waals surface area (Å²) in [6, 6.07) is 6.65. The molecule has 0 atom stereocenters. The fourth-order valence-electron chi connectivity index (χ4n) is 3.39. The number of piperazine rings is 1. The molecule has 10 heteroatoms. The van der Waals surface area contributed by atoms with Crippen LogP contribution in [0.4, 0.5) is 10.2 Å². The van der Waals surface area contributed by atoms with Crippen LogP contribution in [-0.4, -0.2) is 64.3 Å². The van der Waals surface area contributed by atoms with Gasteiger partial charge in [-0.2, -0.15) is 19.7 Å². The molecule has 0 aliphatic carbocycles. The van der Waals surface area contributed by atoms with E-state index in [0.29, 0.717) is 5.25 Å². The van der Waals surface area contributed by atoms with E-state index in [9.17, 15) is 4.39 Å². The van der Waals surface area contributed by atoms with Crippen LogP contribution in [-0.2, 0) is 9.59 Å². The second kappa shape index (κ2) is 10.9. The van der Waals surface area contributed by atoms with Gasteiger partial charge in [0.2, 0.25) is 5.13 Å². The summed E-state index contributed by atoms with van der Waals surface area (Å²) in [4.78, 5) is 26.0. The lowest BCUT2D eigenvalue weighted by Crippen LogP contribution is -2.44. The average Bonchev–Trinajstić information content (AvgIpc) is 3.32. The molecular weight excluding hydrogens is 449 g/mol. The van der Waals surface area contributed by atoms with E-state index in [4.69, 9.17) is 14.6 Å². The first kappa shape index (κ1) is 24.1. The monoisotopic (exact) mass is 475 g/mol. The maximum absolute atomic E-state index is 13.7. The number of nitrogens with zero attached hydrogens (tertiary/aromatic N) is 5. The predicted octanol–water partition coefficient (Wildman–Crippen LogP) is 4.11. The van der Waals surface area contributed by atoms with Crippen molar-refractivity contribution >= 4 is 35.1 Å². The molecule has 4 rings (SSSR count). The molecule has 0 N–H and O–H groups in total. The van der Waals surface area contributed by atoms with Gasteiger partial charge in [-0.05, 0) is 31.7 Å². The van der Waals surface area contributed by atoms with Gasteiger partial charge in [0.1, 0.15) is 10.0 Å². The van der Waals surface area contributed by atoms with E-state index < -0.39 is 0 Å². The molecule has 0 amide bonds. The third-order valence-electron chi connectivity index (χ3n) is 4.94. The zero-order valence-corrected chi connectivity index (χ0v) is 20.2. The number of hydrogen-bond donors (Lipinski definition) is 0. The molecule has 0 bridgehead atoms. The Morgan fingerprint density at radius 2 is 1.88 bits per heavy atom. The second-order valence-corrected chi connectivity index (χ2v) is 10.6. The Balaban J connectivity index is 0.000000913. The molecule has 1 aliphatic heterocycles. The SMILES string of the molecule is Cc1nn(-c2nc(N3CCN(C)CC3)c(SC(C)C)s2)cc1-c1cccc(F)c1.O=C=O. The summed E-state index contributed by atoms with van der Waals surface area (Å²) in [6.07, 6.45) is 2.21. The molecule has 1 saturated heterocycles. The van der Waals surface area contributed by atoms with Gasteiger partial charge in [0.05, 0.1) is 5.69 Å². The van der Waals surface area contributed by atoms with Crippen molar-refractivity contribution in [2.24, 2.45) is 0 Å². The molecule has 2 aromatic heterocycles. The number of anilines is 1. The van der Waals surface area contributed by atoms with E-state index in [2.05, 4.69) is 35.8 Å². The first-order chi connectivity index (χ1) is 15.3. The fraction of sp³-hybridized carbons (Fsp3) is 0.409. The molecule has 3 heterocycles. The van der Waals surface area contributed by atoms with Crippen LogP contribution in [0.25, 0.3) is 16.3 Å². The standard InChI is InChI=1S/C21H26FN5S2.CO2/c1-14(2)28-20-19(26-10-8-25(4)9-11-26)23-21(29-20)27-13-18(15(3)24-27)16-6-5-7-17(22)12-16;2-1-3/h5-7,12-14H,8-11H2,1-4H3;. The minimum atomic E-state index is -0.239. The van der Waals surface area contributed by atoms with Gasteiger partial charge in [-0.1, -0.05) is 37.3 Å². The molecule has 0 unspecified atom stereocenters. The minimum Gasteiger partial charge on any atom is -0.352 e. The highest BCUT2D eigenvalue weighted by Crippen LogP contribution is 2.40. The molecule has 1 fully saturated rings. The Hall–Kier alpha value is -2.52. The smallest absolute Gasteiger partial charge is 0.352 e. The number of halogens is 1. The molecule has 0 radical (unpaired) electrons. The highest BCUT2D eigenvalue weighted by atomic mass is 32.2. The molecule has 1 aliphatic rings. The van der Waals surface area contributed by atoms with Crippen molar-refractivity contribution < 1.29 is 14.0 Å². The van der Waals surface area contributed by atoms with Gasteiger partial charge >= 0.3 is 6.15 Å². The van der Waals surface area contributed by atoms with Crippen molar-refractivity contribution in [2.45, 2.75) is 30.2 Å². The third kappa shape index (κ3) is 5.83. The number of carbonyl (C=O) groups excluding carboxylic acids is 2. The molecule has 3 aromatic rings. The topological polar surface area (TPSA) is 71.3 Å². The first-order valence-corrected chi connectivity index (χ1v) is 11.9. The molecule has 170 valence electrons. The largest absolute Gasteiger partial charge is 0.373 e. The summed E-state index contributed by atoms with van der Waals surface area (Å²) in [6.45, 7) is 10.4. The summed E-state index contributed by atoms with van der Waals surface area (Å²) in [7, 11) is 2.16. The summed E-state index contributed by atoms with van der Waals surface area (Å²) in [5.41, 5.74) is 2.63. The minimum absolute atomic E-state index is 0.239. The number of aromatic nitrogens is 3. The summed E-state index contributed by atoms with van der Waals surface area (Å²) < 4.78 is 16.7. The van der Waals surface area contributed by atoms with Crippen LogP contribution in [0, 0.1) is 12.7 Å². The number of thioether (sulfide) groups is 1. The summed E-state index contributed by atoms with van der Waals surface area (Å²) in [5.74, 6) is 0.828. The predicted molar refractivity (Wildman–Crippen MR) is 125 cm³/mol. The van der Waals surface area contributed by atoms with E-state index in [0.717, 1.165) is 53.9 Å². The Labute approximate surface area is 195 Å². The fourth-order valence-corrected chi connectivity index (χ4v) is 5.84. The number of benzene rings is 1. The lowest BCUT2D eigenvalue weighted by molar-refractivity contribution is -0.191. The zero-order valence-electron chi connectivity index (χ0n) is 18.5. The second-order valence-electron chi connectivity index (χ2n) is 7.73. The molecule has 7 nitrogen and oxygen atoms in total. The van der Waals surface area contributed by atoms with Crippen LogP contribution in [0.15, 0.2) is 34.7 Å². The first-order valence-electron chi connectivity index (χ1n) is 10.2. The molecular formula is C22H26FN5O2S2. The average molecular weight is 476 g/mol. The number of rotatable bonds is 5. The van der Waals surface area contributed by atoms with E-state index in [1.54, 1.807) is 23.5 Å². The van der Waals surface area contributed by atoms with Crippen LogP contribution in [0.1, 0.15) is 19.5 Å². The van der Waals surface area contributed by atoms with E-state index in [-0.39, 0.29) is 12.0 Å². The Morgan fingerprint density at radius 1 is 1.19 bits per heavy atom. The van der Waals surface area contributed by atoms with Gasteiger partial charge < -0.3 is 9.80 Å². The van der Waals surface area contributed by atoms with Crippen LogP contribution in [0.3, 0.4) is 0 Å². The molecule has 0 saturated carbocycles. The normalized spacial score (nSPS) is 14.2. The Morgan fingerprint density at radius 3 is 2.50 bits per heavy atom. The Kier molecular flexibility index (Phi) is 8.20. The van der Waals surface area contributed by atoms with Crippen LogP contribution < -0.4 is 4.90 Å². The van der Waals surface area contributed by atoms with Crippen molar-refractivity contribution in [1.82, 2.24) is 19.7 Å². The lowest BCUT2D eigenvalue weighted by Gasteiger charge is -2.33. The third-order valence-corrected chi connectivity index (χ3v) is 7.18.